The highest BCUT2D eigenvalue weighted by molar-refractivity contribution is 6.31. The Morgan fingerprint density at radius 1 is 1.25 bits per heavy atom. The van der Waals surface area contributed by atoms with Gasteiger partial charge in [-0.15, -0.1) is 5.10 Å². The van der Waals surface area contributed by atoms with Crippen LogP contribution in [0.2, 0.25) is 5.02 Å². The molecule has 0 saturated heterocycles. The smallest absolute Gasteiger partial charge is 0.259 e. The number of nitrogens with one attached hydrogen (secondary N) is 1. The summed E-state index contributed by atoms with van der Waals surface area (Å²) in [6.45, 7) is 1.80. The topological polar surface area (TPSA) is 81.9 Å². The largest absolute Gasteiger partial charge is 0.496 e. The summed E-state index contributed by atoms with van der Waals surface area (Å²) in [5.74, 6) is 0.763. The fraction of sp³-hybridized carbons (Fsp3) is 0.125. The number of hydrogen-bond donors (Lipinski definition) is 1. The van der Waals surface area contributed by atoms with Gasteiger partial charge in [0.25, 0.3) is 5.91 Å². The molecule has 0 aliphatic carbocycles. The quantitative estimate of drug-likeness (QED) is 0.787. The third-order valence-corrected chi connectivity index (χ3v) is 3.62. The normalized spacial score (nSPS) is 10.5. The van der Waals surface area contributed by atoms with E-state index in [0.717, 1.165) is 5.69 Å². The number of halogens is 1. The first kappa shape index (κ1) is 15.9. The first-order chi connectivity index (χ1) is 11.6. The molecule has 7 nitrogen and oxygen atoms in total. The van der Waals surface area contributed by atoms with E-state index in [4.69, 9.17) is 16.3 Å². The molecule has 0 saturated carbocycles. The molecular formula is C16H14ClN5O2. The Morgan fingerprint density at radius 3 is 2.79 bits per heavy atom. The van der Waals surface area contributed by atoms with Crippen LogP contribution in [0.5, 0.6) is 5.75 Å². The summed E-state index contributed by atoms with van der Waals surface area (Å²) < 4.78 is 6.79. The van der Waals surface area contributed by atoms with E-state index in [-0.39, 0.29) is 5.91 Å². The van der Waals surface area contributed by atoms with Crippen LogP contribution in [0, 0.1) is 6.92 Å². The van der Waals surface area contributed by atoms with Gasteiger partial charge in [-0.25, -0.2) is 0 Å². The van der Waals surface area contributed by atoms with E-state index < -0.39 is 0 Å². The highest BCUT2D eigenvalue weighted by Crippen LogP contribution is 2.24. The molecule has 1 aromatic heterocycles. The highest BCUT2D eigenvalue weighted by Gasteiger charge is 2.13. The molecule has 3 rings (SSSR count). The number of nitrogens with zero attached hydrogens (tertiary/aromatic N) is 4. The maximum Gasteiger partial charge on any atom is 0.259 e. The zero-order valence-electron chi connectivity index (χ0n) is 13.0. The Labute approximate surface area is 143 Å². The number of rotatable bonds is 4. The fourth-order valence-electron chi connectivity index (χ4n) is 2.24. The Hall–Kier alpha value is -2.93. The molecule has 2 aromatic carbocycles. The molecule has 0 bridgehead atoms. The van der Waals surface area contributed by atoms with Crippen LogP contribution >= 0.6 is 11.6 Å². The van der Waals surface area contributed by atoms with Crippen LogP contribution in [-0.2, 0) is 0 Å². The van der Waals surface area contributed by atoms with Crippen LogP contribution in [0.25, 0.3) is 5.69 Å². The van der Waals surface area contributed by atoms with E-state index in [1.165, 1.54) is 7.11 Å². The molecule has 1 heterocycles. The van der Waals surface area contributed by atoms with Crippen molar-refractivity contribution in [1.82, 2.24) is 20.2 Å². The Balaban J connectivity index is 1.87. The summed E-state index contributed by atoms with van der Waals surface area (Å²) in [5, 5.41) is 14.7. The monoisotopic (exact) mass is 343 g/mol. The number of amides is 1. The molecule has 0 unspecified atom stereocenters. The van der Waals surface area contributed by atoms with Crippen molar-refractivity contribution in [2.75, 3.05) is 12.4 Å². The summed E-state index contributed by atoms with van der Waals surface area (Å²) in [5.41, 5.74) is 1.76. The lowest BCUT2D eigenvalue weighted by atomic mass is 10.1. The number of methoxy groups -OCH3 is 1. The lowest BCUT2D eigenvalue weighted by molar-refractivity contribution is 0.102. The minimum absolute atomic E-state index is 0.297. The number of carbonyl (C=O) groups is 1. The van der Waals surface area contributed by atoms with E-state index >= 15 is 0 Å². The zero-order valence-corrected chi connectivity index (χ0v) is 13.8. The summed E-state index contributed by atoms with van der Waals surface area (Å²) in [6, 6.07) is 12.1. The molecule has 0 fully saturated rings. The van der Waals surface area contributed by atoms with Crippen molar-refractivity contribution in [1.29, 1.82) is 0 Å². The number of aromatic nitrogens is 4. The van der Waals surface area contributed by atoms with Crippen molar-refractivity contribution in [3.8, 4) is 11.4 Å². The van der Waals surface area contributed by atoms with Crippen LogP contribution in [0.4, 0.5) is 5.69 Å². The molecule has 0 atom stereocenters. The number of anilines is 1. The third kappa shape index (κ3) is 3.21. The molecule has 1 amide bonds. The van der Waals surface area contributed by atoms with Crippen LogP contribution in [-0.4, -0.2) is 33.2 Å². The van der Waals surface area contributed by atoms with Gasteiger partial charge >= 0.3 is 0 Å². The number of tetrazole rings is 1. The second kappa shape index (κ2) is 6.67. The molecule has 3 aromatic rings. The summed E-state index contributed by atoms with van der Waals surface area (Å²) in [7, 11) is 1.49. The Morgan fingerprint density at radius 2 is 2.08 bits per heavy atom. The summed E-state index contributed by atoms with van der Waals surface area (Å²) >= 11 is 5.92. The van der Waals surface area contributed by atoms with Crippen molar-refractivity contribution in [3.05, 3.63) is 58.9 Å². The SMILES string of the molecule is COc1cc(Cl)ccc1C(=O)Nc1cccc(-n2nnnc2C)c1. The van der Waals surface area contributed by atoms with Crippen LogP contribution < -0.4 is 10.1 Å². The van der Waals surface area contributed by atoms with E-state index in [2.05, 4.69) is 20.8 Å². The first-order valence-electron chi connectivity index (χ1n) is 7.09. The van der Waals surface area contributed by atoms with Crippen molar-refractivity contribution in [2.24, 2.45) is 0 Å². The van der Waals surface area contributed by atoms with E-state index in [1.54, 1.807) is 41.9 Å². The summed E-state index contributed by atoms with van der Waals surface area (Å²) in [6.07, 6.45) is 0. The van der Waals surface area contributed by atoms with Crippen molar-refractivity contribution in [3.63, 3.8) is 0 Å². The van der Waals surface area contributed by atoms with Gasteiger partial charge in [-0.2, -0.15) is 4.68 Å². The van der Waals surface area contributed by atoms with Gasteiger partial charge in [0, 0.05) is 10.7 Å². The number of benzene rings is 2. The third-order valence-electron chi connectivity index (χ3n) is 3.38. The Kier molecular flexibility index (Phi) is 4.43. The molecule has 0 aliphatic heterocycles. The van der Waals surface area contributed by atoms with E-state index in [0.29, 0.717) is 27.8 Å². The molecular weight excluding hydrogens is 330 g/mol. The predicted octanol–water partition coefficient (Wildman–Crippen LogP) is 2.89. The van der Waals surface area contributed by atoms with E-state index in [1.807, 2.05) is 12.1 Å². The number of carbonyl (C=O) groups excluding carboxylic acids is 1. The fourth-order valence-corrected chi connectivity index (χ4v) is 2.40. The highest BCUT2D eigenvalue weighted by atomic mass is 35.5. The van der Waals surface area contributed by atoms with Crippen LogP contribution in [0.1, 0.15) is 16.2 Å². The van der Waals surface area contributed by atoms with Gasteiger partial charge in [0.15, 0.2) is 5.82 Å². The average molecular weight is 344 g/mol. The standard InChI is InChI=1S/C16H14ClN5O2/c1-10-19-20-21-22(10)13-5-3-4-12(9-13)18-16(23)14-7-6-11(17)8-15(14)24-2/h3-9H,1-2H3,(H,18,23). The van der Waals surface area contributed by atoms with Crippen molar-refractivity contribution >= 4 is 23.2 Å². The van der Waals surface area contributed by atoms with Gasteiger partial charge in [-0.1, -0.05) is 17.7 Å². The molecule has 1 N–H and O–H groups in total. The van der Waals surface area contributed by atoms with Gasteiger partial charge in [-0.3, -0.25) is 4.79 Å². The van der Waals surface area contributed by atoms with Gasteiger partial charge in [-0.05, 0) is 53.7 Å². The molecule has 122 valence electrons. The second-order valence-corrected chi connectivity index (χ2v) is 5.42. The molecule has 8 heteroatoms. The minimum atomic E-state index is -0.297. The maximum atomic E-state index is 12.5. The molecule has 0 aliphatic rings. The maximum absolute atomic E-state index is 12.5. The van der Waals surface area contributed by atoms with Gasteiger partial charge in [0.05, 0.1) is 18.4 Å². The zero-order chi connectivity index (χ0) is 17.1. The number of aryl methyl sites for hydroxylation is 1. The number of ether oxygens (including phenoxy) is 1. The van der Waals surface area contributed by atoms with Gasteiger partial charge in [0.1, 0.15) is 5.75 Å². The predicted molar refractivity (Wildman–Crippen MR) is 89.8 cm³/mol. The van der Waals surface area contributed by atoms with Gasteiger partial charge in [0.2, 0.25) is 0 Å². The van der Waals surface area contributed by atoms with Crippen molar-refractivity contribution < 1.29 is 9.53 Å². The van der Waals surface area contributed by atoms with Gasteiger partial charge < -0.3 is 10.1 Å². The lowest BCUT2D eigenvalue weighted by Crippen LogP contribution is -2.13. The summed E-state index contributed by atoms with van der Waals surface area (Å²) in [4.78, 5) is 12.5. The second-order valence-electron chi connectivity index (χ2n) is 4.99. The van der Waals surface area contributed by atoms with Crippen LogP contribution in [0.3, 0.4) is 0 Å². The van der Waals surface area contributed by atoms with E-state index in [9.17, 15) is 4.79 Å². The molecule has 0 radical (unpaired) electrons. The van der Waals surface area contributed by atoms with Crippen LogP contribution in [0.15, 0.2) is 42.5 Å². The first-order valence-corrected chi connectivity index (χ1v) is 7.46. The minimum Gasteiger partial charge on any atom is -0.496 e. The molecule has 24 heavy (non-hydrogen) atoms. The van der Waals surface area contributed by atoms with Crippen molar-refractivity contribution in [2.45, 2.75) is 6.92 Å². The number of hydrogen-bond acceptors (Lipinski definition) is 5. The lowest BCUT2D eigenvalue weighted by Gasteiger charge is -2.10. The Bertz CT molecular complexity index is 894. The molecule has 0 spiro atoms. The average Bonchev–Trinajstić information content (AvgIpc) is 3.01.